The number of ketones is 1. The van der Waals surface area contributed by atoms with Gasteiger partial charge in [-0.3, -0.25) is 4.79 Å². The van der Waals surface area contributed by atoms with Gasteiger partial charge >= 0.3 is 6.09 Å². The summed E-state index contributed by atoms with van der Waals surface area (Å²) < 4.78 is 5.30. The van der Waals surface area contributed by atoms with Gasteiger partial charge in [0.05, 0.1) is 0 Å². The number of ether oxygens (including phenoxy) is 1. The lowest BCUT2D eigenvalue weighted by Gasteiger charge is -2.32. The number of carbonyl (C=O) groups is 2. The molecule has 0 radical (unpaired) electrons. The minimum atomic E-state index is -0.503. The van der Waals surface area contributed by atoms with Crippen LogP contribution in [0.25, 0.3) is 0 Å². The molecular formula is C14H21NO3. The van der Waals surface area contributed by atoms with E-state index in [9.17, 15) is 9.59 Å². The van der Waals surface area contributed by atoms with E-state index in [0.717, 1.165) is 0 Å². The Labute approximate surface area is 109 Å². The first-order valence-electron chi connectivity index (χ1n) is 6.23. The van der Waals surface area contributed by atoms with Crippen LogP contribution in [0.5, 0.6) is 0 Å². The van der Waals surface area contributed by atoms with Crippen molar-refractivity contribution in [2.75, 3.05) is 13.1 Å². The van der Waals surface area contributed by atoms with Gasteiger partial charge < -0.3 is 9.64 Å². The third-order valence-electron chi connectivity index (χ3n) is 2.70. The molecule has 1 atom stereocenters. The van der Waals surface area contributed by atoms with Gasteiger partial charge in [-0.05, 0) is 27.7 Å². The molecule has 0 bridgehead atoms. The highest BCUT2D eigenvalue weighted by atomic mass is 16.6. The summed E-state index contributed by atoms with van der Waals surface area (Å²) in [5.41, 5.74) is -0.503. The zero-order valence-corrected chi connectivity index (χ0v) is 11.6. The molecule has 0 aliphatic carbocycles. The van der Waals surface area contributed by atoms with Gasteiger partial charge in [0.1, 0.15) is 11.4 Å². The van der Waals surface area contributed by atoms with Gasteiger partial charge in [0.15, 0.2) is 0 Å². The average molecular weight is 251 g/mol. The van der Waals surface area contributed by atoms with Crippen LogP contribution in [0.2, 0.25) is 0 Å². The zero-order chi connectivity index (χ0) is 13.8. The largest absolute Gasteiger partial charge is 0.444 e. The summed E-state index contributed by atoms with van der Waals surface area (Å²) in [4.78, 5) is 25.2. The van der Waals surface area contributed by atoms with Crippen molar-refractivity contribution in [3.63, 3.8) is 0 Å². The van der Waals surface area contributed by atoms with Crippen molar-refractivity contribution in [1.29, 1.82) is 0 Å². The fourth-order valence-electron chi connectivity index (χ4n) is 1.80. The standard InChI is InChI=1S/C14H21NO3/c1-5-6-7-11-10-15(9-8-12(11)16)13(17)18-14(2,3)4/h11H,7-10H2,1-4H3. The van der Waals surface area contributed by atoms with Gasteiger partial charge in [-0.15, -0.1) is 11.8 Å². The van der Waals surface area contributed by atoms with Crippen LogP contribution in [-0.4, -0.2) is 35.5 Å². The molecule has 4 nitrogen and oxygen atoms in total. The summed E-state index contributed by atoms with van der Waals surface area (Å²) in [6, 6.07) is 0. The van der Waals surface area contributed by atoms with Crippen LogP contribution in [0.1, 0.15) is 40.5 Å². The fraction of sp³-hybridized carbons (Fsp3) is 0.714. The number of carbonyl (C=O) groups excluding carboxylic acids is 2. The maximum atomic E-state index is 11.9. The first kappa shape index (κ1) is 14.6. The third kappa shape index (κ3) is 4.40. The van der Waals surface area contributed by atoms with E-state index >= 15 is 0 Å². The van der Waals surface area contributed by atoms with Crippen LogP contribution >= 0.6 is 0 Å². The number of amides is 1. The highest BCUT2D eigenvalue weighted by Gasteiger charge is 2.31. The number of Topliss-reactive ketones (excluding diaryl/α,β-unsaturated/α-hetero) is 1. The smallest absolute Gasteiger partial charge is 0.410 e. The molecule has 1 fully saturated rings. The first-order chi connectivity index (χ1) is 8.33. The Morgan fingerprint density at radius 1 is 1.50 bits per heavy atom. The van der Waals surface area contributed by atoms with Crippen molar-refractivity contribution < 1.29 is 14.3 Å². The second kappa shape index (κ2) is 5.90. The van der Waals surface area contributed by atoms with E-state index < -0.39 is 5.60 Å². The molecule has 1 unspecified atom stereocenters. The molecule has 1 amide bonds. The molecule has 1 aliphatic rings. The molecule has 0 aromatic heterocycles. The lowest BCUT2D eigenvalue weighted by atomic mass is 9.94. The topological polar surface area (TPSA) is 46.6 Å². The maximum absolute atomic E-state index is 11.9. The van der Waals surface area contributed by atoms with Crippen molar-refractivity contribution >= 4 is 11.9 Å². The highest BCUT2D eigenvalue weighted by Crippen LogP contribution is 2.18. The summed E-state index contributed by atoms with van der Waals surface area (Å²) in [5, 5.41) is 0. The van der Waals surface area contributed by atoms with E-state index in [0.29, 0.717) is 25.9 Å². The molecule has 1 saturated heterocycles. The van der Waals surface area contributed by atoms with E-state index in [1.807, 2.05) is 20.8 Å². The van der Waals surface area contributed by atoms with Crippen molar-refractivity contribution in [3.8, 4) is 11.8 Å². The number of likely N-dealkylation sites (tertiary alicyclic amines) is 1. The lowest BCUT2D eigenvalue weighted by Crippen LogP contribution is -2.46. The molecule has 1 aliphatic heterocycles. The Kier molecular flexibility index (Phi) is 4.77. The second-order valence-electron chi connectivity index (χ2n) is 5.47. The van der Waals surface area contributed by atoms with Crippen LogP contribution in [0.3, 0.4) is 0 Å². The van der Waals surface area contributed by atoms with Crippen molar-refractivity contribution in [3.05, 3.63) is 0 Å². The lowest BCUT2D eigenvalue weighted by molar-refractivity contribution is -0.125. The minimum absolute atomic E-state index is 0.168. The van der Waals surface area contributed by atoms with Gasteiger partial charge in [-0.25, -0.2) is 4.79 Å². The Morgan fingerprint density at radius 3 is 2.72 bits per heavy atom. The summed E-state index contributed by atoms with van der Waals surface area (Å²) in [7, 11) is 0. The summed E-state index contributed by atoms with van der Waals surface area (Å²) in [5.74, 6) is 5.71. The number of piperidine rings is 1. The molecule has 18 heavy (non-hydrogen) atoms. The quantitative estimate of drug-likeness (QED) is 0.671. The average Bonchev–Trinajstić information content (AvgIpc) is 2.25. The third-order valence-corrected chi connectivity index (χ3v) is 2.70. The SMILES string of the molecule is CC#CCC1CN(C(=O)OC(C)(C)C)CCC1=O. The molecule has 0 aromatic rings. The van der Waals surface area contributed by atoms with Gasteiger partial charge in [-0.2, -0.15) is 0 Å². The first-order valence-corrected chi connectivity index (χ1v) is 6.23. The molecule has 100 valence electrons. The maximum Gasteiger partial charge on any atom is 0.410 e. The van der Waals surface area contributed by atoms with Crippen LogP contribution in [-0.2, 0) is 9.53 Å². The van der Waals surface area contributed by atoms with Crippen LogP contribution in [0.4, 0.5) is 4.79 Å². The van der Waals surface area contributed by atoms with Gasteiger partial charge in [-0.1, -0.05) is 0 Å². The van der Waals surface area contributed by atoms with E-state index in [1.54, 1.807) is 11.8 Å². The van der Waals surface area contributed by atoms with Crippen molar-refractivity contribution in [2.24, 2.45) is 5.92 Å². The Hall–Kier alpha value is -1.50. The number of nitrogens with zero attached hydrogens (tertiary/aromatic N) is 1. The molecule has 1 heterocycles. The molecule has 1 rings (SSSR count). The predicted molar refractivity (Wildman–Crippen MR) is 69.0 cm³/mol. The summed E-state index contributed by atoms with van der Waals surface area (Å²) in [6.45, 7) is 8.12. The normalized spacial score (nSPS) is 20.1. The van der Waals surface area contributed by atoms with Gasteiger partial charge in [0.2, 0.25) is 0 Å². The summed E-state index contributed by atoms with van der Waals surface area (Å²) in [6.07, 6.45) is 0.577. The van der Waals surface area contributed by atoms with Crippen LogP contribution in [0, 0.1) is 17.8 Å². The minimum Gasteiger partial charge on any atom is -0.444 e. The van der Waals surface area contributed by atoms with E-state index in [2.05, 4.69) is 11.8 Å². The monoisotopic (exact) mass is 251 g/mol. The van der Waals surface area contributed by atoms with Crippen LogP contribution in [0.15, 0.2) is 0 Å². The van der Waals surface area contributed by atoms with Crippen molar-refractivity contribution in [1.82, 2.24) is 4.90 Å². The van der Waals surface area contributed by atoms with Gasteiger partial charge in [0, 0.05) is 31.8 Å². The number of rotatable bonds is 1. The zero-order valence-electron chi connectivity index (χ0n) is 11.6. The van der Waals surface area contributed by atoms with Crippen molar-refractivity contribution in [2.45, 2.75) is 46.1 Å². The number of hydrogen-bond acceptors (Lipinski definition) is 3. The molecule has 0 aromatic carbocycles. The molecule has 0 N–H and O–H groups in total. The highest BCUT2D eigenvalue weighted by molar-refractivity contribution is 5.84. The Balaban J connectivity index is 2.60. The predicted octanol–water partition coefficient (Wildman–Crippen LogP) is 2.23. The van der Waals surface area contributed by atoms with E-state index in [4.69, 9.17) is 4.74 Å². The number of hydrogen-bond donors (Lipinski definition) is 0. The molecule has 4 heteroatoms. The van der Waals surface area contributed by atoms with E-state index in [-0.39, 0.29) is 17.8 Å². The Morgan fingerprint density at radius 2 is 2.17 bits per heavy atom. The molecule has 0 saturated carbocycles. The second-order valence-corrected chi connectivity index (χ2v) is 5.47. The molecule has 0 spiro atoms. The Bertz CT molecular complexity index is 384. The summed E-state index contributed by atoms with van der Waals surface area (Å²) >= 11 is 0. The fourth-order valence-corrected chi connectivity index (χ4v) is 1.80. The van der Waals surface area contributed by atoms with E-state index in [1.165, 1.54) is 0 Å². The van der Waals surface area contributed by atoms with Gasteiger partial charge in [0.25, 0.3) is 0 Å². The van der Waals surface area contributed by atoms with Crippen LogP contribution < -0.4 is 0 Å². The molecular weight excluding hydrogens is 230 g/mol.